The third kappa shape index (κ3) is 9.96. The van der Waals surface area contributed by atoms with Crippen molar-refractivity contribution in [1.29, 1.82) is 0 Å². The van der Waals surface area contributed by atoms with Gasteiger partial charge >= 0.3 is 0 Å². The molecule has 0 saturated carbocycles. The Balaban J connectivity index is 2.31. The molecule has 1 rings (SSSR count). The van der Waals surface area contributed by atoms with E-state index >= 15 is 0 Å². The van der Waals surface area contributed by atoms with Gasteiger partial charge in [0.25, 0.3) is 0 Å². The summed E-state index contributed by atoms with van der Waals surface area (Å²) in [6, 6.07) is 5.34. The minimum absolute atomic E-state index is 0.161. The van der Waals surface area contributed by atoms with Crippen LogP contribution in [0.15, 0.2) is 30.4 Å². The zero-order chi connectivity index (χ0) is 18.3. The van der Waals surface area contributed by atoms with E-state index in [0.717, 1.165) is 24.8 Å². The number of phenols is 1. The molecular weight excluding hydrogens is 312 g/mol. The fourth-order valence-corrected chi connectivity index (χ4v) is 2.59. The van der Waals surface area contributed by atoms with Crippen LogP contribution in [0.25, 0.3) is 0 Å². The van der Waals surface area contributed by atoms with Crippen LogP contribution in [0, 0.1) is 0 Å². The molecule has 140 valence electrons. The summed E-state index contributed by atoms with van der Waals surface area (Å²) in [5, 5.41) is 9.83. The van der Waals surface area contributed by atoms with Crippen LogP contribution in [0.2, 0.25) is 0 Å². The number of ether oxygens (including phenoxy) is 1. The van der Waals surface area contributed by atoms with Crippen LogP contribution in [0.5, 0.6) is 11.5 Å². The van der Waals surface area contributed by atoms with Crippen LogP contribution in [-0.4, -0.2) is 17.5 Å². The summed E-state index contributed by atoms with van der Waals surface area (Å²) in [6.45, 7) is 4.92. The fourth-order valence-electron chi connectivity index (χ4n) is 2.59. The number of phenolic OH excluding ortho intramolecular Hbond substituents is 1. The minimum atomic E-state index is 0.161. The first-order valence-electron chi connectivity index (χ1n) is 9.81. The molecule has 0 radical (unpaired) electrons. The molecule has 0 heterocycles. The fraction of sp³-hybridized carbons (Fsp3) is 0.591. The van der Waals surface area contributed by atoms with Gasteiger partial charge in [0.05, 0.1) is 6.61 Å². The van der Waals surface area contributed by atoms with Crippen molar-refractivity contribution in [2.45, 2.75) is 78.1 Å². The number of aromatic hydroxyl groups is 1. The molecule has 0 aliphatic rings. The molecule has 0 atom stereocenters. The molecule has 0 spiro atoms. The lowest BCUT2D eigenvalue weighted by atomic mass is 10.1. The van der Waals surface area contributed by atoms with E-state index in [1.807, 2.05) is 18.2 Å². The molecule has 0 aromatic heterocycles. The predicted molar refractivity (Wildman–Crippen MR) is 104 cm³/mol. The Morgan fingerprint density at radius 3 is 2.60 bits per heavy atom. The molecule has 3 heteroatoms. The SMILES string of the molecule is CCCCCCCC=CC(=O)CCc1ccc(O)c(OCCCC)c1. The Kier molecular flexibility index (Phi) is 11.5. The number of allylic oxidation sites excluding steroid dienone is 2. The van der Waals surface area contributed by atoms with Crippen LogP contribution in [0.4, 0.5) is 0 Å². The van der Waals surface area contributed by atoms with Crippen LogP contribution in [0.3, 0.4) is 0 Å². The van der Waals surface area contributed by atoms with Crippen molar-refractivity contribution in [1.82, 2.24) is 0 Å². The summed E-state index contributed by atoms with van der Waals surface area (Å²) < 4.78 is 5.60. The maximum Gasteiger partial charge on any atom is 0.161 e. The Hall–Kier alpha value is -1.77. The Labute approximate surface area is 153 Å². The molecule has 0 fully saturated rings. The summed E-state index contributed by atoms with van der Waals surface area (Å²) >= 11 is 0. The highest BCUT2D eigenvalue weighted by molar-refractivity contribution is 5.89. The van der Waals surface area contributed by atoms with E-state index in [9.17, 15) is 9.90 Å². The summed E-state index contributed by atoms with van der Waals surface area (Å²) in [5.74, 6) is 0.838. The lowest BCUT2D eigenvalue weighted by molar-refractivity contribution is -0.114. The minimum Gasteiger partial charge on any atom is -0.504 e. The summed E-state index contributed by atoms with van der Waals surface area (Å²) in [4.78, 5) is 11.9. The molecule has 0 unspecified atom stereocenters. The zero-order valence-corrected chi connectivity index (χ0v) is 15.9. The van der Waals surface area contributed by atoms with Crippen molar-refractivity contribution < 1.29 is 14.6 Å². The van der Waals surface area contributed by atoms with Gasteiger partial charge in [-0.2, -0.15) is 0 Å². The van der Waals surface area contributed by atoms with E-state index in [-0.39, 0.29) is 11.5 Å². The Morgan fingerprint density at radius 1 is 1.08 bits per heavy atom. The average molecular weight is 347 g/mol. The highest BCUT2D eigenvalue weighted by Crippen LogP contribution is 2.27. The topological polar surface area (TPSA) is 46.5 Å². The molecule has 0 bridgehead atoms. The van der Waals surface area contributed by atoms with Gasteiger partial charge in [0.1, 0.15) is 0 Å². The highest BCUT2D eigenvalue weighted by atomic mass is 16.5. The van der Waals surface area contributed by atoms with E-state index in [1.54, 1.807) is 12.1 Å². The first kappa shape index (κ1) is 21.3. The van der Waals surface area contributed by atoms with E-state index in [1.165, 1.54) is 32.1 Å². The number of hydrogen-bond donors (Lipinski definition) is 1. The molecule has 1 aromatic rings. The van der Waals surface area contributed by atoms with Gasteiger partial charge in [0.2, 0.25) is 0 Å². The third-order valence-corrected chi connectivity index (χ3v) is 4.22. The largest absolute Gasteiger partial charge is 0.504 e. The van der Waals surface area contributed by atoms with Gasteiger partial charge in [-0.1, -0.05) is 58.1 Å². The highest BCUT2D eigenvalue weighted by Gasteiger charge is 2.05. The number of hydrogen-bond acceptors (Lipinski definition) is 3. The van der Waals surface area contributed by atoms with Gasteiger partial charge in [-0.3, -0.25) is 4.79 Å². The van der Waals surface area contributed by atoms with Crippen molar-refractivity contribution in [2.75, 3.05) is 6.61 Å². The molecule has 0 aliphatic heterocycles. The molecule has 0 saturated heterocycles. The van der Waals surface area contributed by atoms with Crippen molar-refractivity contribution >= 4 is 5.78 Å². The summed E-state index contributed by atoms with van der Waals surface area (Å²) in [5.41, 5.74) is 1.02. The molecule has 25 heavy (non-hydrogen) atoms. The molecular formula is C22H34O3. The molecule has 0 amide bonds. The van der Waals surface area contributed by atoms with Gasteiger partial charge in [-0.25, -0.2) is 0 Å². The number of aryl methyl sites for hydroxylation is 1. The number of ketones is 1. The second-order valence-corrected chi connectivity index (χ2v) is 6.58. The van der Waals surface area contributed by atoms with Gasteiger partial charge < -0.3 is 9.84 Å². The maximum atomic E-state index is 11.9. The lowest BCUT2D eigenvalue weighted by Gasteiger charge is -2.09. The van der Waals surface area contributed by atoms with Crippen LogP contribution >= 0.6 is 0 Å². The summed E-state index contributed by atoms with van der Waals surface area (Å²) in [7, 11) is 0. The van der Waals surface area contributed by atoms with E-state index in [0.29, 0.717) is 25.2 Å². The Bertz CT molecular complexity index is 520. The number of unbranched alkanes of at least 4 members (excludes halogenated alkanes) is 6. The van der Waals surface area contributed by atoms with E-state index < -0.39 is 0 Å². The Morgan fingerprint density at radius 2 is 1.84 bits per heavy atom. The second-order valence-electron chi connectivity index (χ2n) is 6.58. The van der Waals surface area contributed by atoms with Crippen molar-refractivity contribution in [3.63, 3.8) is 0 Å². The second kappa shape index (κ2) is 13.5. The van der Waals surface area contributed by atoms with Crippen molar-refractivity contribution in [3.05, 3.63) is 35.9 Å². The average Bonchev–Trinajstić information content (AvgIpc) is 2.61. The van der Waals surface area contributed by atoms with Gasteiger partial charge in [0, 0.05) is 6.42 Å². The smallest absolute Gasteiger partial charge is 0.161 e. The molecule has 0 aliphatic carbocycles. The van der Waals surface area contributed by atoms with Gasteiger partial charge in [-0.15, -0.1) is 0 Å². The molecule has 1 N–H and O–H groups in total. The zero-order valence-electron chi connectivity index (χ0n) is 15.9. The van der Waals surface area contributed by atoms with Gasteiger partial charge in [-0.05, 0) is 49.5 Å². The quantitative estimate of drug-likeness (QED) is 0.332. The van der Waals surface area contributed by atoms with Crippen molar-refractivity contribution in [3.8, 4) is 11.5 Å². The number of benzene rings is 1. The molecule has 3 nitrogen and oxygen atoms in total. The lowest BCUT2D eigenvalue weighted by Crippen LogP contribution is -1.99. The first-order valence-corrected chi connectivity index (χ1v) is 9.81. The van der Waals surface area contributed by atoms with E-state index in [2.05, 4.69) is 13.8 Å². The monoisotopic (exact) mass is 346 g/mol. The summed E-state index contributed by atoms with van der Waals surface area (Å²) in [6.07, 6.45) is 14.2. The van der Waals surface area contributed by atoms with Crippen molar-refractivity contribution in [2.24, 2.45) is 0 Å². The number of carbonyl (C=O) groups excluding carboxylic acids is 1. The molecule has 1 aromatic carbocycles. The third-order valence-electron chi connectivity index (χ3n) is 4.22. The maximum absolute atomic E-state index is 11.9. The number of rotatable bonds is 14. The predicted octanol–water partition coefficient (Wildman–Crippen LogP) is 5.99. The van der Waals surface area contributed by atoms with Crippen LogP contribution < -0.4 is 4.74 Å². The normalized spacial score (nSPS) is 11.1. The van der Waals surface area contributed by atoms with Crippen LogP contribution in [0.1, 0.15) is 77.2 Å². The number of carbonyl (C=O) groups is 1. The van der Waals surface area contributed by atoms with Gasteiger partial charge in [0.15, 0.2) is 17.3 Å². The first-order chi connectivity index (χ1) is 12.2. The van der Waals surface area contributed by atoms with Crippen LogP contribution in [-0.2, 0) is 11.2 Å². The standard InChI is InChI=1S/C22H34O3/c1-3-5-7-8-9-10-11-12-20(23)15-13-19-14-16-21(24)22(18-19)25-17-6-4-2/h11-12,14,16,18,24H,3-10,13,15,17H2,1-2H3. The van der Waals surface area contributed by atoms with E-state index in [4.69, 9.17) is 4.74 Å².